The molecule has 128 valence electrons. The van der Waals surface area contributed by atoms with Crippen molar-refractivity contribution in [2.45, 2.75) is 6.92 Å². The fourth-order valence-electron chi connectivity index (χ4n) is 3.14. The normalized spacial score (nSPS) is 15.0. The highest BCUT2D eigenvalue weighted by atomic mass is 35.5. The predicted octanol–water partition coefficient (Wildman–Crippen LogP) is 2.65. The number of carbonyl (C=O) groups is 1. The van der Waals surface area contributed by atoms with E-state index in [-0.39, 0.29) is 5.91 Å². The second-order valence-electron chi connectivity index (χ2n) is 6.13. The third kappa shape index (κ3) is 3.05. The minimum Gasteiger partial charge on any atom is -0.367 e. The van der Waals surface area contributed by atoms with E-state index >= 15 is 0 Å². The zero-order valence-corrected chi connectivity index (χ0v) is 14.6. The number of anilines is 1. The van der Waals surface area contributed by atoms with Crippen LogP contribution >= 0.6 is 11.6 Å². The molecule has 0 bridgehead atoms. The molecule has 0 spiro atoms. The van der Waals surface area contributed by atoms with Crippen molar-refractivity contribution in [1.29, 1.82) is 0 Å². The molecule has 1 aliphatic heterocycles. The molecule has 1 amide bonds. The molecule has 2 aromatic heterocycles. The summed E-state index contributed by atoms with van der Waals surface area (Å²) in [5.41, 5.74) is 3.09. The lowest BCUT2D eigenvalue weighted by Gasteiger charge is -2.36. The Labute approximate surface area is 150 Å². The van der Waals surface area contributed by atoms with Gasteiger partial charge in [0.25, 0.3) is 5.91 Å². The Bertz CT molecular complexity index is 930. The highest BCUT2D eigenvalue weighted by molar-refractivity contribution is 6.33. The summed E-state index contributed by atoms with van der Waals surface area (Å²) in [7, 11) is 0. The number of aromatic nitrogens is 3. The average Bonchev–Trinajstić information content (AvgIpc) is 3.01. The molecule has 0 N–H and O–H groups in total. The van der Waals surface area contributed by atoms with E-state index in [0.717, 1.165) is 35.1 Å². The van der Waals surface area contributed by atoms with Crippen LogP contribution < -0.4 is 4.90 Å². The Kier molecular flexibility index (Phi) is 4.05. The Morgan fingerprint density at radius 3 is 2.60 bits per heavy atom. The maximum absolute atomic E-state index is 12.7. The Morgan fingerprint density at radius 1 is 1.08 bits per heavy atom. The fourth-order valence-corrected chi connectivity index (χ4v) is 3.39. The van der Waals surface area contributed by atoms with E-state index in [9.17, 15) is 4.79 Å². The van der Waals surface area contributed by atoms with Crippen molar-refractivity contribution in [2.75, 3.05) is 31.1 Å². The van der Waals surface area contributed by atoms with Crippen LogP contribution in [0.25, 0.3) is 5.65 Å². The van der Waals surface area contributed by atoms with E-state index in [2.05, 4.69) is 15.0 Å². The van der Waals surface area contributed by atoms with Gasteiger partial charge >= 0.3 is 0 Å². The van der Waals surface area contributed by atoms with Gasteiger partial charge in [-0.05, 0) is 31.2 Å². The van der Waals surface area contributed by atoms with Gasteiger partial charge in [0.1, 0.15) is 5.69 Å². The molecule has 0 saturated carbocycles. The topological polar surface area (TPSA) is 53.7 Å². The predicted molar refractivity (Wildman–Crippen MR) is 97.3 cm³/mol. The van der Waals surface area contributed by atoms with Crippen LogP contribution in [0.3, 0.4) is 0 Å². The molecule has 1 fully saturated rings. The van der Waals surface area contributed by atoms with Crippen LogP contribution in [0.2, 0.25) is 5.02 Å². The molecule has 1 saturated heterocycles. The second kappa shape index (κ2) is 6.37. The number of benzene rings is 1. The van der Waals surface area contributed by atoms with E-state index in [4.69, 9.17) is 11.6 Å². The number of hydrogen-bond acceptors (Lipinski definition) is 4. The number of piperazine rings is 1. The molecule has 6 nitrogen and oxygen atoms in total. The molecule has 3 aromatic rings. The van der Waals surface area contributed by atoms with Gasteiger partial charge < -0.3 is 9.80 Å². The number of nitrogens with zero attached hydrogens (tertiary/aromatic N) is 5. The molecule has 4 rings (SSSR count). The van der Waals surface area contributed by atoms with Crippen LogP contribution in [0.4, 0.5) is 5.69 Å². The van der Waals surface area contributed by atoms with Gasteiger partial charge in [-0.25, -0.2) is 9.50 Å². The monoisotopic (exact) mass is 355 g/mol. The molecule has 0 unspecified atom stereocenters. The average molecular weight is 356 g/mol. The molecule has 1 aromatic carbocycles. The van der Waals surface area contributed by atoms with Gasteiger partial charge in [0, 0.05) is 26.2 Å². The van der Waals surface area contributed by atoms with E-state index in [1.165, 1.54) is 0 Å². The zero-order chi connectivity index (χ0) is 17.4. The number of fused-ring (bicyclic) bond motifs is 1. The number of hydrogen-bond donors (Lipinski definition) is 0. The summed E-state index contributed by atoms with van der Waals surface area (Å²) in [5, 5.41) is 5.13. The van der Waals surface area contributed by atoms with Crippen LogP contribution in [0, 0.1) is 6.92 Å². The summed E-state index contributed by atoms with van der Waals surface area (Å²) in [6.45, 7) is 4.70. The molecule has 3 heterocycles. The first kappa shape index (κ1) is 15.9. The third-order valence-electron chi connectivity index (χ3n) is 4.42. The van der Waals surface area contributed by atoms with E-state index in [1.54, 1.807) is 10.6 Å². The van der Waals surface area contributed by atoms with Crippen molar-refractivity contribution in [1.82, 2.24) is 19.5 Å². The minimum absolute atomic E-state index is 0.0490. The number of amides is 1. The van der Waals surface area contributed by atoms with Crippen molar-refractivity contribution in [3.05, 3.63) is 59.0 Å². The first-order chi connectivity index (χ1) is 12.1. The Morgan fingerprint density at radius 2 is 1.84 bits per heavy atom. The Hall–Kier alpha value is -2.60. The minimum atomic E-state index is -0.0490. The number of halogens is 1. The van der Waals surface area contributed by atoms with E-state index in [1.807, 2.05) is 48.4 Å². The van der Waals surface area contributed by atoms with Gasteiger partial charge in [-0.3, -0.25) is 4.79 Å². The SMILES string of the molecule is Cc1cn2nc(C(=O)N3CCN(c4ccccc4Cl)CC3)ccc2n1. The standard InChI is InChI=1S/C18H18ClN5O/c1-13-12-24-17(20-13)7-6-15(21-24)18(25)23-10-8-22(9-11-23)16-5-3-2-4-14(16)19/h2-7,12H,8-11H2,1H3. The van der Waals surface area contributed by atoms with Crippen LogP contribution in [0.1, 0.15) is 16.2 Å². The lowest BCUT2D eigenvalue weighted by Crippen LogP contribution is -2.49. The third-order valence-corrected chi connectivity index (χ3v) is 4.74. The highest BCUT2D eigenvalue weighted by Gasteiger charge is 2.24. The quantitative estimate of drug-likeness (QED) is 0.709. The maximum atomic E-state index is 12.7. The lowest BCUT2D eigenvalue weighted by atomic mass is 10.2. The van der Waals surface area contributed by atoms with Gasteiger partial charge in [-0.15, -0.1) is 0 Å². The van der Waals surface area contributed by atoms with E-state index in [0.29, 0.717) is 18.8 Å². The number of imidazole rings is 1. The summed E-state index contributed by atoms with van der Waals surface area (Å²) >= 11 is 6.27. The summed E-state index contributed by atoms with van der Waals surface area (Å²) < 4.78 is 1.66. The zero-order valence-electron chi connectivity index (χ0n) is 13.9. The Balaban J connectivity index is 1.48. The summed E-state index contributed by atoms with van der Waals surface area (Å²) in [5.74, 6) is -0.0490. The summed E-state index contributed by atoms with van der Waals surface area (Å²) in [4.78, 5) is 21.1. The highest BCUT2D eigenvalue weighted by Crippen LogP contribution is 2.26. The molecule has 25 heavy (non-hydrogen) atoms. The van der Waals surface area contributed by atoms with Crippen molar-refractivity contribution in [3.63, 3.8) is 0 Å². The van der Waals surface area contributed by atoms with Crippen LogP contribution in [-0.4, -0.2) is 51.6 Å². The van der Waals surface area contributed by atoms with Gasteiger partial charge in [0.05, 0.1) is 22.6 Å². The van der Waals surface area contributed by atoms with Crippen molar-refractivity contribution >= 4 is 28.8 Å². The smallest absolute Gasteiger partial charge is 0.274 e. The first-order valence-corrected chi connectivity index (χ1v) is 8.61. The number of para-hydroxylation sites is 1. The first-order valence-electron chi connectivity index (χ1n) is 8.23. The maximum Gasteiger partial charge on any atom is 0.274 e. The van der Waals surface area contributed by atoms with Crippen LogP contribution in [0.15, 0.2) is 42.6 Å². The molecule has 0 atom stereocenters. The number of aryl methyl sites for hydroxylation is 1. The van der Waals surface area contributed by atoms with Gasteiger partial charge in [-0.2, -0.15) is 5.10 Å². The molecule has 0 radical (unpaired) electrons. The molecular formula is C18H18ClN5O. The van der Waals surface area contributed by atoms with Gasteiger partial charge in [0.2, 0.25) is 0 Å². The van der Waals surface area contributed by atoms with Crippen LogP contribution in [-0.2, 0) is 0 Å². The summed E-state index contributed by atoms with van der Waals surface area (Å²) in [6, 6.07) is 11.4. The number of rotatable bonds is 2. The largest absolute Gasteiger partial charge is 0.367 e. The molecular weight excluding hydrogens is 338 g/mol. The van der Waals surface area contributed by atoms with Crippen molar-refractivity contribution < 1.29 is 4.79 Å². The van der Waals surface area contributed by atoms with Crippen LogP contribution in [0.5, 0.6) is 0 Å². The summed E-state index contributed by atoms with van der Waals surface area (Å²) in [6.07, 6.45) is 1.82. The molecule has 7 heteroatoms. The molecule has 1 aliphatic rings. The van der Waals surface area contributed by atoms with E-state index < -0.39 is 0 Å². The van der Waals surface area contributed by atoms with Gasteiger partial charge in [-0.1, -0.05) is 23.7 Å². The second-order valence-corrected chi connectivity index (χ2v) is 6.54. The van der Waals surface area contributed by atoms with Crippen molar-refractivity contribution in [3.8, 4) is 0 Å². The van der Waals surface area contributed by atoms with Gasteiger partial charge in [0.15, 0.2) is 5.65 Å². The fraction of sp³-hybridized carbons (Fsp3) is 0.278. The van der Waals surface area contributed by atoms with Crippen molar-refractivity contribution in [2.24, 2.45) is 0 Å². The molecule has 0 aliphatic carbocycles. The lowest BCUT2D eigenvalue weighted by molar-refractivity contribution is 0.0739. The number of carbonyl (C=O) groups excluding carboxylic acids is 1.